The maximum absolute atomic E-state index is 13.2. The van der Waals surface area contributed by atoms with Crippen LogP contribution in [0.3, 0.4) is 0 Å². The third kappa shape index (κ3) is 5.32. The smallest absolute Gasteiger partial charge is 0.326 e. The van der Waals surface area contributed by atoms with E-state index in [9.17, 15) is 19.1 Å². The monoisotopic (exact) mass is 486 g/mol. The van der Waals surface area contributed by atoms with E-state index in [4.69, 9.17) is 5.26 Å². The van der Waals surface area contributed by atoms with Gasteiger partial charge < -0.3 is 19.9 Å². The van der Waals surface area contributed by atoms with Crippen LogP contribution in [0.25, 0.3) is 11.0 Å². The summed E-state index contributed by atoms with van der Waals surface area (Å²) in [7, 11) is 1.61. The van der Waals surface area contributed by atoms with Crippen LogP contribution in [-0.2, 0) is 6.54 Å². The summed E-state index contributed by atoms with van der Waals surface area (Å²) < 4.78 is 15.0. The first-order chi connectivity index (χ1) is 17.4. The van der Waals surface area contributed by atoms with E-state index in [1.54, 1.807) is 54.1 Å². The molecule has 0 aliphatic heterocycles. The highest BCUT2D eigenvalue weighted by Crippen LogP contribution is 2.26. The molecular formula is C26H23FN6O3. The third-order valence-electron chi connectivity index (χ3n) is 5.55. The van der Waals surface area contributed by atoms with E-state index in [2.05, 4.69) is 15.6 Å². The van der Waals surface area contributed by atoms with Gasteiger partial charge in [0, 0.05) is 37.1 Å². The van der Waals surface area contributed by atoms with E-state index in [0.29, 0.717) is 46.5 Å². The molecule has 3 N–H and O–H groups in total. The van der Waals surface area contributed by atoms with E-state index in [1.165, 1.54) is 29.2 Å². The Labute approximate surface area is 206 Å². The summed E-state index contributed by atoms with van der Waals surface area (Å²) in [6.45, 7) is 0.368. The number of imidazole rings is 1. The highest BCUT2D eigenvalue weighted by atomic mass is 19.1. The van der Waals surface area contributed by atoms with E-state index in [0.717, 1.165) is 0 Å². The van der Waals surface area contributed by atoms with Crippen molar-refractivity contribution in [3.63, 3.8) is 0 Å². The van der Waals surface area contributed by atoms with E-state index < -0.39 is 11.8 Å². The molecule has 0 fully saturated rings. The molecule has 0 saturated heterocycles. The predicted octanol–water partition coefficient (Wildman–Crippen LogP) is 4.35. The molecule has 36 heavy (non-hydrogen) atoms. The van der Waals surface area contributed by atoms with Crippen LogP contribution in [0.4, 0.5) is 26.5 Å². The number of aliphatic hydroxyl groups excluding tert-OH is 1. The minimum absolute atomic E-state index is 0.0382. The molecule has 0 radical (unpaired) electrons. The number of amides is 3. The van der Waals surface area contributed by atoms with Crippen molar-refractivity contribution < 1.29 is 19.1 Å². The van der Waals surface area contributed by atoms with E-state index >= 15 is 0 Å². The molecule has 0 aliphatic carbocycles. The van der Waals surface area contributed by atoms with Gasteiger partial charge in [-0.15, -0.1) is 0 Å². The van der Waals surface area contributed by atoms with Gasteiger partial charge in [0.05, 0.1) is 22.7 Å². The maximum atomic E-state index is 13.2. The van der Waals surface area contributed by atoms with Gasteiger partial charge in [0.1, 0.15) is 5.82 Å². The predicted molar refractivity (Wildman–Crippen MR) is 134 cm³/mol. The van der Waals surface area contributed by atoms with Crippen molar-refractivity contribution in [2.45, 2.75) is 13.0 Å². The fraction of sp³-hybridized carbons (Fsp3) is 0.154. The van der Waals surface area contributed by atoms with Gasteiger partial charge in [-0.3, -0.25) is 10.1 Å². The van der Waals surface area contributed by atoms with Crippen LogP contribution in [-0.4, -0.2) is 40.3 Å². The topological polar surface area (TPSA) is 123 Å². The molecule has 0 saturated carbocycles. The Bertz CT molecular complexity index is 1440. The maximum Gasteiger partial charge on any atom is 0.326 e. The Balaban J connectivity index is 1.59. The fourth-order valence-electron chi connectivity index (χ4n) is 3.67. The molecule has 0 spiro atoms. The van der Waals surface area contributed by atoms with Crippen LogP contribution in [0.5, 0.6) is 0 Å². The summed E-state index contributed by atoms with van der Waals surface area (Å²) in [5.74, 6) is -0.462. The highest BCUT2D eigenvalue weighted by Gasteiger charge is 2.18. The van der Waals surface area contributed by atoms with Gasteiger partial charge in [-0.25, -0.2) is 14.2 Å². The van der Waals surface area contributed by atoms with Gasteiger partial charge in [-0.1, -0.05) is 0 Å². The van der Waals surface area contributed by atoms with Crippen LogP contribution >= 0.6 is 0 Å². The molecular weight excluding hydrogens is 463 g/mol. The average molecular weight is 487 g/mol. The first-order valence-corrected chi connectivity index (χ1v) is 11.1. The lowest BCUT2D eigenvalue weighted by Crippen LogP contribution is -2.26. The highest BCUT2D eigenvalue weighted by molar-refractivity contribution is 6.06. The molecule has 9 nitrogen and oxygen atoms in total. The number of benzene rings is 3. The Morgan fingerprint density at radius 1 is 1.08 bits per heavy atom. The molecule has 0 atom stereocenters. The number of aliphatic hydroxyl groups is 1. The minimum atomic E-state index is -0.524. The summed E-state index contributed by atoms with van der Waals surface area (Å²) in [5, 5.41) is 23.7. The molecule has 182 valence electrons. The number of halogens is 1. The first kappa shape index (κ1) is 24.4. The molecule has 3 amide bonds. The van der Waals surface area contributed by atoms with Gasteiger partial charge >= 0.3 is 6.03 Å². The molecule has 0 bridgehead atoms. The number of hydrogen-bond acceptors (Lipinski definition) is 5. The minimum Gasteiger partial charge on any atom is -0.396 e. The molecule has 0 aliphatic rings. The molecule has 1 aromatic heterocycles. The number of nitriles is 1. The molecule has 3 aromatic carbocycles. The Morgan fingerprint density at radius 2 is 1.81 bits per heavy atom. The Kier molecular flexibility index (Phi) is 7.23. The lowest BCUT2D eigenvalue weighted by molar-refractivity contribution is 0.0993. The second-order valence-corrected chi connectivity index (χ2v) is 7.98. The van der Waals surface area contributed by atoms with E-state index in [1.807, 2.05) is 6.07 Å². The number of rotatable bonds is 7. The van der Waals surface area contributed by atoms with Crippen molar-refractivity contribution in [1.29, 1.82) is 5.26 Å². The zero-order chi connectivity index (χ0) is 25.7. The van der Waals surface area contributed by atoms with Crippen LogP contribution < -0.4 is 15.5 Å². The molecule has 1 heterocycles. The number of carbonyl (C=O) groups is 2. The fourth-order valence-corrected chi connectivity index (χ4v) is 3.67. The third-order valence-corrected chi connectivity index (χ3v) is 5.55. The summed E-state index contributed by atoms with van der Waals surface area (Å²) in [4.78, 5) is 31.4. The summed E-state index contributed by atoms with van der Waals surface area (Å²) >= 11 is 0. The number of aromatic nitrogens is 2. The normalized spacial score (nSPS) is 10.6. The quantitative estimate of drug-likeness (QED) is 0.358. The Morgan fingerprint density at radius 3 is 2.47 bits per heavy atom. The number of hydrogen-bond donors (Lipinski definition) is 3. The zero-order valence-corrected chi connectivity index (χ0v) is 19.4. The number of anilines is 3. The number of aryl methyl sites for hydroxylation is 1. The number of carbonyl (C=O) groups excluding carboxylic acids is 2. The molecule has 0 unspecified atom stereocenters. The molecule has 10 heteroatoms. The summed E-state index contributed by atoms with van der Waals surface area (Å²) in [6.07, 6.45) is 0.447. The van der Waals surface area contributed by atoms with Gasteiger partial charge in [0.25, 0.3) is 5.91 Å². The first-order valence-electron chi connectivity index (χ1n) is 11.1. The second kappa shape index (κ2) is 10.7. The van der Waals surface area contributed by atoms with Crippen molar-refractivity contribution in [3.8, 4) is 6.07 Å². The number of fused-ring (bicyclic) bond motifs is 1. The lowest BCUT2D eigenvalue weighted by atomic mass is 10.2. The zero-order valence-electron chi connectivity index (χ0n) is 19.4. The van der Waals surface area contributed by atoms with Crippen LogP contribution in [0.15, 0.2) is 66.7 Å². The largest absolute Gasteiger partial charge is 0.396 e. The standard InChI is InChI=1S/C26H23FN6O3/c1-32(24(35)18-5-7-19(27)8-6-18)21-11-12-23-22(15-21)30-25(33(23)13-2-14-34)31-26(36)29-20-9-3-17(16-28)4-10-20/h3-12,15,34H,2,13-14H2,1H3,(H2,29,30,31,36). The number of nitrogens with one attached hydrogen (secondary N) is 2. The molecule has 4 aromatic rings. The van der Waals surface area contributed by atoms with Gasteiger partial charge in [0.2, 0.25) is 5.95 Å². The second-order valence-electron chi connectivity index (χ2n) is 7.98. The van der Waals surface area contributed by atoms with E-state index in [-0.39, 0.29) is 18.5 Å². The number of nitrogens with zero attached hydrogens (tertiary/aromatic N) is 4. The summed E-state index contributed by atoms with van der Waals surface area (Å²) in [5.41, 5.74) is 3.14. The van der Waals surface area contributed by atoms with Crippen molar-refractivity contribution in [2.75, 3.05) is 29.2 Å². The van der Waals surface area contributed by atoms with Gasteiger partial charge in [0.15, 0.2) is 0 Å². The molecule has 4 rings (SSSR count). The number of urea groups is 1. The lowest BCUT2D eigenvalue weighted by Gasteiger charge is -2.17. The average Bonchev–Trinajstić information content (AvgIpc) is 3.23. The van der Waals surface area contributed by atoms with Gasteiger partial charge in [-0.05, 0) is 73.2 Å². The Hall–Kier alpha value is -4.75. The van der Waals surface area contributed by atoms with Gasteiger partial charge in [-0.2, -0.15) is 5.26 Å². The SMILES string of the molecule is CN(C(=O)c1ccc(F)cc1)c1ccc2c(c1)nc(NC(=O)Nc1ccc(C#N)cc1)n2CCCO. The van der Waals surface area contributed by atoms with Crippen LogP contribution in [0.1, 0.15) is 22.3 Å². The van der Waals surface area contributed by atoms with Crippen LogP contribution in [0, 0.1) is 17.1 Å². The van der Waals surface area contributed by atoms with Crippen LogP contribution in [0.2, 0.25) is 0 Å². The summed E-state index contributed by atoms with van der Waals surface area (Å²) in [6, 6.07) is 18.5. The van der Waals surface area contributed by atoms with Crippen molar-refractivity contribution >= 4 is 40.3 Å². The van der Waals surface area contributed by atoms with Crippen molar-refractivity contribution in [1.82, 2.24) is 9.55 Å². The van der Waals surface area contributed by atoms with Crippen molar-refractivity contribution in [2.24, 2.45) is 0 Å². The van der Waals surface area contributed by atoms with Crippen molar-refractivity contribution in [3.05, 3.63) is 83.7 Å².